The van der Waals surface area contributed by atoms with Gasteiger partial charge in [-0.15, -0.1) is 24.0 Å². The Morgan fingerprint density at radius 2 is 1.96 bits per heavy atom. The average molecular weight is 502 g/mol. The number of nitrogens with one attached hydrogen (secondary N) is 2. The Morgan fingerprint density at radius 1 is 1.18 bits per heavy atom. The summed E-state index contributed by atoms with van der Waals surface area (Å²) in [4.78, 5) is 9.00. The Bertz CT molecular complexity index is 742. The largest absolute Gasteiger partial charge is 0.493 e. The van der Waals surface area contributed by atoms with Gasteiger partial charge in [0.25, 0.3) is 0 Å². The van der Waals surface area contributed by atoms with Crippen LogP contribution in [0.3, 0.4) is 0 Å². The average Bonchev–Trinajstić information content (AvgIpc) is 3.00. The predicted octanol–water partition coefficient (Wildman–Crippen LogP) is 3.96. The number of hydrogen-bond donors (Lipinski definition) is 2. The molecule has 1 heterocycles. The van der Waals surface area contributed by atoms with Gasteiger partial charge in [0.15, 0.2) is 17.5 Å². The fourth-order valence-electron chi connectivity index (χ4n) is 2.43. The number of hydrogen-bond acceptors (Lipinski definition) is 5. The summed E-state index contributed by atoms with van der Waals surface area (Å²) in [5, 5.41) is 6.47. The van der Waals surface area contributed by atoms with Gasteiger partial charge < -0.3 is 24.5 Å². The van der Waals surface area contributed by atoms with Crippen molar-refractivity contribution in [3.05, 3.63) is 41.1 Å². The van der Waals surface area contributed by atoms with E-state index in [4.69, 9.17) is 13.9 Å². The van der Waals surface area contributed by atoms with Crippen molar-refractivity contribution in [3.8, 4) is 11.5 Å². The van der Waals surface area contributed by atoms with Crippen LogP contribution in [-0.2, 0) is 13.1 Å². The monoisotopic (exact) mass is 502 g/mol. The summed E-state index contributed by atoms with van der Waals surface area (Å²) in [5.41, 5.74) is 1.95. The Morgan fingerprint density at radius 3 is 2.57 bits per heavy atom. The number of methoxy groups -OCH3 is 1. The lowest BCUT2D eigenvalue weighted by atomic mass is 10.2. The van der Waals surface area contributed by atoms with Crippen LogP contribution >= 0.6 is 24.0 Å². The van der Waals surface area contributed by atoms with Gasteiger partial charge >= 0.3 is 0 Å². The van der Waals surface area contributed by atoms with Crippen molar-refractivity contribution in [1.29, 1.82) is 0 Å². The fraction of sp³-hybridized carbons (Fsp3) is 0.500. The molecule has 0 unspecified atom stereocenters. The van der Waals surface area contributed by atoms with E-state index in [9.17, 15) is 0 Å². The van der Waals surface area contributed by atoms with E-state index in [1.165, 1.54) is 0 Å². The minimum atomic E-state index is 0. The number of oxazole rings is 1. The lowest BCUT2D eigenvalue weighted by Gasteiger charge is -2.12. The lowest BCUT2D eigenvalue weighted by Crippen LogP contribution is -2.36. The van der Waals surface area contributed by atoms with E-state index in [-0.39, 0.29) is 24.0 Å². The second-order valence-electron chi connectivity index (χ2n) is 6.13. The van der Waals surface area contributed by atoms with Gasteiger partial charge in [-0.25, -0.2) is 9.98 Å². The third-order valence-corrected chi connectivity index (χ3v) is 3.93. The Hall–Kier alpha value is -1.97. The molecule has 0 spiro atoms. The number of halogens is 1. The molecule has 0 aliphatic carbocycles. The first-order valence-corrected chi connectivity index (χ1v) is 9.32. The molecule has 2 N–H and O–H groups in total. The van der Waals surface area contributed by atoms with Crippen LogP contribution in [-0.4, -0.2) is 31.2 Å². The third kappa shape index (κ3) is 7.21. The molecule has 0 fully saturated rings. The molecule has 0 amide bonds. The van der Waals surface area contributed by atoms with Crippen molar-refractivity contribution in [2.45, 2.75) is 47.2 Å². The van der Waals surface area contributed by atoms with Crippen molar-refractivity contribution in [2.24, 2.45) is 4.99 Å². The van der Waals surface area contributed by atoms with Crippen LogP contribution in [0.1, 0.15) is 43.2 Å². The summed E-state index contributed by atoms with van der Waals surface area (Å²) in [7, 11) is 1.65. The smallest absolute Gasteiger partial charge is 0.214 e. The molecule has 0 radical (unpaired) electrons. The lowest BCUT2D eigenvalue weighted by molar-refractivity contribution is 0.294. The first-order valence-electron chi connectivity index (χ1n) is 9.32. The molecule has 2 aromatic rings. The van der Waals surface area contributed by atoms with E-state index in [1.54, 1.807) is 7.11 Å². The van der Waals surface area contributed by atoms with Crippen LogP contribution in [0.25, 0.3) is 0 Å². The predicted molar refractivity (Wildman–Crippen MR) is 122 cm³/mol. The molecule has 0 saturated heterocycles. The van der Waals surface area contributed by atoms with Gasteiger partial charge in [0.1, 0.15) is 5.76 Å². The van der Waals surface area contributed by atoms with Crippen molar-refractivity contribution in [1.82, 2.24) is 15.6 Å². The molecule has 0 saturated carbocycles. The van der Waals surface area contributed by atoms with E-state index in [0.29, 0.717) is 31.5 Å². The minimum Gasteiger partial charge on any atom is -0.493 e. The zero-order chi connectivity index (χ0) is 19.6. The number of rotatable bonds is 9. The fourth-order valence-corrected chi connectivity index (χ4v) is 2.43. The van der Waals surface area contributed by atoms with Crippen LogP contribution < -0.4 is 20.1 Å². The molecule has 1 aromatic heterocycles. The molecule has 7 nitrogen and oxygen atoms in total. The first kappa shape index (κ1) is 24.1. The quantitative estimate of drug-likeness (QED) is 0.307. The Kier molecular flexibility index (Phi) is 10.7. The molecule has 0 aliphatic rings. The third-order valence-electron chi connectivity index (χ3n) is 3.93. The minimum absolute atomic E-state index is 0. The normalized spacial score (nSPS) is 11.0. The molecule has 156 valence electrons. The van der Waals surface area contributed by atoms with Crippen molar-refractivity contribution in [3.63, 3.8) is 0 Å². The standard InChI is InChI=1S/C20H30N4O3.HI/c1-6-10-26-17-9-8-16(11-18(17)25-5)12-22-20(21-7-2)23-13-19-24-14(3)15(4)27-19;/h8-9,11H,6-7,10,12-13H2,1-5H3,(H2,21,22,23);1H. The second kappa shape index (κ2) is 12.5. The van der Waals surface area contributed by atoms with Crippen molar-refractivity contribution < 1.29 is 13.9 Å². The van der Waals surface area contributed by atoms with Crippen molar-refractivity contribution in [2.75, 3.05) is 20.3 Å². The molecule has 1 aromatic carbocycles. The zero-order valence-corrected chi connectivity index (χ0v) is 19.6. The molecule has 8 heteroatoms. The zero-order valence-electron chi connectivity index (χ0n) is 17.3. The highest BCUT2D eigenvalue weighted by atomic mass is 127. The number of aromatic nitrogens is 1. The van der Waals surface area contributed by atoms with Gasteiger partial charge in [0.2, 0.25) is 5.89 Å². The maximum atomic E-state index is 5.69. The van der Waals surface area contributed by atoms with E-state index >= 15 is 0 Å². The summed E-state index contributed by atoms with van der Waals surface area (Å²) in [5.74, 6) is 3.67. The van der Waals surface area contributed by atoms with E-state index in [2.05, 4.69) is 27.5 Å². The highest BCUT2D eigenvalue weighted by molar-refractivity contribution is 14.0. The molecular weight excluding hydrogens is 471 g/mol. The Balaban J connectivity index is 0.00000392. The van der Waals surface area contributed by atoms with Crippen LogP contribution in [0.2, 0.25) is 0 Å². The number of ether oxygens (including phenoxy) is 2. The van der Waals surface area contributed by atoms with Gasteiger partial charge in [-0.1, -0.05) is 13.0 Å². The van der Waals surface area contributed by atoms with E-state index < -0.39 is 0 Å². The molecule has 0 aliphatic heterocycles. The Labute approximate surface area is 184 Å². The van der Waals surface area contributed by atoms with E-state index in [0.717, 1.165) is 41.5 Å². The maximum Gasteiger partial charge on any atom is 0.214 e. The topological polar surface area (TPSA) is 80.9 Å². The molecule has 28 heavy (non-hydrogen) atoms. The number of aryl methyl sites for hydroxylation is 2. The summed E-state index contributed by atoms with van der Waals surface area (Å²) in [6, 6.07) is 5.89. The molecule has 0 atom stereocenters. The summed E-state index contributed by atoms with van der Waals surface area (Å²) in [6.45, 7) is 10.4. The molecule has 2 rings (SSSR count). The van der Waals surface area contributed by atoms with Gasteiger partial charge in [0, 0.05) is 6.54 Å². The van der Waals surface area contributed by atoms with Gasteiger partial charge in [-0.3, -0.25) is 0 Å². The van der Waals surface area contributed by atoms with Crippen LogP contribution in [0.5, 0.6) is 11.5 Å². The number of nitrogens with zero attached hydrogens (tertiary/aromatic N) is 2. The van der Waals surface area contributed by atoms with Crippen molar-refractivity contribution >= 4 is 29.9 Å². The van der Waals surface area contributed by atoms with Crippen LogP contribution in [0.15, 0.2) is 27.6 Å². The highest BCUT2D eigenvalue weighted by Crippen LogP contribution is 2.28. The molecular formula is C20H31IN4O3. The highest BCUT2D eigenvalue weighted by Gasteiger charge is 2.08. The number of benzene rings is 1. The number of aliphatic imine (C=N–C) groups is 1. The molecule has 0 bridgehead atoms. The van der Waals surface area contributed by atoms with Gasteiger partial charge in [-0.05, 0) is 44.9 Å². The van der Waals surface area contributed by atoms with Crippen LogP contribution in [0, 0.1) is 13.8 Å². The van der Waals surface area contributed by atoms with Gasteiger partial charge in [-0.2, -0.15) is 0 Å². The SMILES string of the molecule is CCCOc1ccc(CN=C(NCC)NCc2nc(C)c(C)o2)cc1OC.I. The van der Waals surface area contributed by atoms with Gasteiger partial charge in [0.05, 0.1) is 32.5 Å². The summed E-state index contributed by atoms with van der Waals surface area (Å²) >= 11 is 0. The summed E-state index contributed by atoms with van der Waals surface area (Å²) < 4.78 is 16.7. The maximum absolute atomic E-state index is 5.69. The summed E-state index contributed by atoms with van der Waals surface area (Å²) in [6.07, 6.45) is 0.955. The van der Waals surface area contributed by atoms with E-state index in [1.807, 2.05) is 39.0 Å². The second-order valence-corrected chi connectivity index (χ2v) is 6.13. The van der Waals surface area contributed by atoms with Crippen LogP contribution in [0.4, 0.5) is 0 Å². The number of guanidine groups is 1. The first-order chi connectivity index (χ1) is 13.1.